The maximum absolute atomic E-state index is 6.12. The molecule has 21 heavy (non-hydrogen) atoms. The predicted molar refractivity (Wildman–Crippen MR) is 88.5 cm³/mol. The van der Waals surface area contributed by atoms with Crippen LogP contribution in [0.4, 0.5) is 11.4 Å². The van der Waals surface area contributed by atoms with Gasteiger partial charge >= 0.3 is 0 Å². The number of halogens is 2. The summed E-state index contributed by atoms with van der Waals surface area (Å²) in [6, 6.07) is 11.8. The van der Waals surface area contributed by atoms with Crippen LogP contribution in [0.3, 0.4) is 0 Å². The van der Waals surface area contributed by atoms with Gasteiger partial charge in [-0.3, -0.25) is 0 Å². The Kier molecular flexibility index (Phi) is 4.13. The van der Waals surface area contributed by atoms with Crippen molar-refractivity contribution in [2.75, 3.05) is 23.8 Å². The minimum Gasteiger partial charge on any atom is -0.491 e. The van der Waals surface area contributed by atoms with Crippen molar-refractivity contribution in [3.63, 3.8) is 0 Å². The Balaban J connectivity index is 1.91. The highest BCUT2D eigenvalue weighted by atomic mass is 35.5. The first-order valence-corrected chi connectivity index (χ1v) is 7.61. The van der Waals surface area contributed by atoms with E-state index in [-0.39, 0.29) is 0 Å². The second kappa shape index (κ2) is 6.04. The van der Waals surface area contributed by atoms with E-state index in [1.807, 2.05) is 30.3 Å². The monoisotopic (exact) mass is 322 g/mol. The van der Waals surface area contributed by atoms with Gasteiger partial charge in [0.25, 0.3) is 0 Å². The smallest absolute Gasteiger partial charge is 0.142 e. The number of benzene rings is 2. The summed E-state index contributed by atoms with van der Waals surface area (Å²) >= 11 is 12.2. The molecule has 0 amide bonds. The zero-order valence-electron chi connectivity index (χ0n) is 11.5. The third-order valence-electron chi connectivity index (χ3n) is 3.55. The molecular weight excluding hydrogens is 307 g/mol. The van der Waals surface area contributed by atoms with Crippen LogP contribution in [-0.2, 0) is 6.54 Å². The molecule has 1 heterocycles. The number of hydrogen-bond donors (Lipinski definition) is 1. The molecule has 1 aliphatic rings. The summed E-state index contributed by atoms with van der Waals surface area (Å²) in [6.45, 7) is 2.38. The van der Waals surface area contributed by atoms with E-state index in [2.05, 4.69) is 11.0 Å². The third-order valence-corrected chi connectivity index (χ3v) is 4.17. The molecule has 3 nitrogen and oxygen atoms in total. The molecule has 0 saturated carbocycles. The number of nitrogens with zero attached hydrogens (tertiary/aromatic N) is 1. The molecule has 0 aliphatic carbocycles. The zero-order chi connectivity index (χ0) is 14.8. The number of anilines is 2. The van der Waals surface area contributed by atoms with E-state index in [0.29, 0.717) is 15.7 Å². The van der Waals surface area contributed by atoms with E-state index >= 15 is 0 Å². The first kappa shape index (κ1) is 14.4. The molecule has 0 radical (unpaired) electrons. The third kappa shape index (κ3) is 3.04. The molecule has 2 aromatic carbocycles. The summed E-state index contributed by atoms with van der Waals surface area (Å²) in [7, 11) is 0. The molecule has 0 fully saturated rings. The van der Waals surface area contributed by atoms with E-state index in [1.165, 1.54) is 0 Å². The van der Waals surface area contributed by atoms with Gasteiger partial charge in [0.15, 0.2) is 0 Å². The molecule has 5 heteroatoms. The van der Waals surface area contributed by atoms with Gasteiger partial charge in [0.2, 0.25) is 0 Å². The first-order valence-electron chi connectivity index (χ1n) is 6.85. The van der Waals surface area contributed by atoms with E-state index in [4.69, 9.17) is 33.7 Å². The van der Waals surface area contributed by atoms with Crippen LogP contribution in [0.2, 0.25) is 10.0 Å². The average molecular weight is 323 g/mol. The Morgan fingerprint density at radius 1 is 1.14 bits per heavy atom. The molecule has 3 rings (SSSR count). The lowest BCUT2D eigenvalue weighted by molar-refractivity contribution is 0.322. The summed E-state index contributed by atoms with van der Waals surface area (Å²) in [5, 5.41) is 0.994. The Hall–Kier alpha value is -1.58. The number of hydrogen-bond acceptors (Lipinski definition) is 3. The second-order valence-electron chi connectivity index (χ2n) is 5.06. The molecule has 0 unspecified atom stereocenters. The summed E-state index contributed by atoms with van der Waals surface area (Å²) in [6.07, 6.45) is 0.977. The van der Waals surface area contributed by atoms with Crippen LogP contribution in [0.25, 0.3) is 0 Å². The van der Waals surface area contributed by atoms with Crippen molar-refractivity contribution < 1.29 is 4.74 Å². The largest absolute Gasteiger partial charge is 0.491 e. The maximum atomic E-state index is 6.12. The van der Waals surface area contributed by atoms with Crippen molar-refractivity contribution in [2.45, 2.75) is 13.0 Å². The molecule has 2 N–H and O–H groups in total. The van der Waals surface area contributed by atoms with Gasteiger partial charge in [-0.15, -0.1) is 0 Å². The van der Waals surface area contributed by atoms with Crippen molar-refractivity contribution >= 4 is 34.6 Å². The van der Waals surface area contributed by atoms with Gasteiger partial charge in [-0.1, -0.05) is 35.3 Å². The van der Waals surface area contributed by atoms with Gasteiger partial charge in [0.1, 0.15) is 5.75 Å². The van der Waals surface area contributed by atoms with Gasteiger partial charge in [0, 0.05) is 13.1 Å². The highest BCUT2D eigenvalue weighted by Crippen LogP contribution is 2.33. The Morgan fingerprint density at radius 2 is 1.86 bits per heavy atom. The molecule has 0 saturated heterocycles. The molecule has 0 atom stereocenters. The van der Waals surface area contributed by atoms with Crippen molar-refractivity contribution in [1.29, 1.82) is 0 Å². The molecule has 1 aliphatic heterocycles. The minimum atomic E-state index is 0.432. The van der Waals surface area contributed by atoms with Crippen molar-refractivity contribution in [3.05, 3.63) is 52.0 Å². The number of ether oxygens (including phenoxy) is 1. The Labute approximate surface area is 134 Å². The summed E-state index contributed by atoms with van der Waals surface area (Å²) in [5.41, 5.74) is 8.35. The van der Waals surface area contributed by atoms with Gasteiger partial charge in [-0.25, -0.2) is 0 Å². The van der Waals surface area contributed by atoms with Crippen LogP contribution < -0.4 is 15.4 Å². The molecule has 0 bridgehead atoms. The van der Waals surface area contributed by atoms with Crippen LogP contribution >= 0.6 is 23.2 Å². The number of fused-ring (bicyclic) bond motifs is 1. The van der Waals surface area contributed by atoms with Crippen molar-refractivity contribution in [3.8, 4) is 5.75 Å². The number of nitrogen functional groups attached to an aromatic ring is 1. The number of para-hydroxylation sites is 2. The van der Waals surface area contributed by atoms with Gasteiger partial charge in [-0.05, 0) is 36.2 Å². The van der Waals surface area contributed by atoms with E-state index < -0.39 is 0 Å². The van der Waals surface area contributed by atoms with Gasteiger partial charge < -0.3 is 15.4 Å². The van der Waals surface area contributed by atoms with Crippen LogP contribution in [0.1, 0.15) is 12.0 Å². The fraction of sp³-hybridized carbons (Fsp3) is 0.250. The summed E-state index contributed by atoms with van der Waals surface area (Å²) < 4.78 is 5.77. The molecule has 110 valence electrons. The van der Waals surface area contributed by atoms with Crippen LogP contribution in [0.5, 0.6) is 5.75 Å². The van der Waals surface area contributed by atoms with Gasteiger partial charge in [0.05, 0.1) is 28.0 Å². The van der Waals surface area contributed by atoms with Crippen LogP contribution in [0.15, 0.2) is 36.4 Å². The normalized spacial score (nSPS) is 14.3. The van der Waals surface area contributed by atoms with Crippen molar-refractivity contribution in [1.82, 2.24) is 0 Å². The standard InChI is InChI=1S/C16H16Cl2N2O/c17-12-8-11(9-13(18)16(12)19)10-20-6-3-7-21-15-5-2-1-4-14(15)20/h1-2,4-5,8-9H,3,6-7,10,19H2. The number of nitrogens with two attached hydrogens (primary N) is 1. The first-order chi connectivity index (χ1) is 10.1. The van der Waals surface area contributed by atoms with E-state index in [9.17, 15) is 0 Å². The Bertz CT molecular complexity index is 637. The number of rotatable bonds is 2. The summed E-state index contributed by atoms with van der Waals surface area (Å²) in [5.74, 6) is 0.919. The average Bonchev–Trinajstić information content (AvgIpc) is 2.67. The lowest BCUT2D eigenvalue weighted by atomic mass is 10.1. The van der Waals surface area contributed by atoms with E-state index in [0.717, 1.165) is 43.1 Å². The quantitative estimate of drug-likeness (QED) is 0.834. The second-order valence-corrected chi connectivity index (χ2v) is 5.88. The predicted octanol–water partition coefficient (Wildman–Crippen LogP) is 4.36. The summed E-state index contributed by atoms with van der Waals surface area (Å²) in [4.78, 5) is 2.28. The van der Waals surface area contributed by atoms with Gasteiger partial charge in [-0.2, -0.15) is 0 Å². The van der Waals surface area contributed by atoms with Crippen LogP contribution in [-0.4, -0.2) is 13.2 Å². The molecule has 0 spiro atoms. The topological polar surface area (TPSA) is 38.5 Å². The fourth-order valence-electron chi connectivity index (χ4n) is 2.51. The molecular formula is C16H16Cl2N2O. The lowest BCUT2D eigenvalue weighted by Gasteiger charge is -2.24. The van der Waals surface area contributed by atoms with E-state index in [1.54, 1.807) is 0 Å². The minimum absolute atomic E-state index is 0.432. The SMILES string of the molecule is Nc1c(Cl)cc(CN2CCCOc3ccccc32)cc1Cl. The molecule has 0 aromatic heterocycles. The maximum Gasteiger partial charge on any atom is 0.142 e. The highest BCUT2D eigenvalue weighted by Gasteiger charge is 2.17. The zero-order valence-corrected chi connectivity index (χ0v) is 13.0. The highest BCUT2D eigenvalue weighted by molar-refractivity contribution is 6.38. The lowest BCUT2D eigenvalue weighted by Crippen LogP contribution is -2.23. The molecule has 2 aromatic rings. The fourth-order valence-corrected chi connectivity index (χ4v) is 3.04. The van der Waals surface area contributed by atoms with Crippen molar-refractivity contribution in [2.24, 2.45) is 0 Å². The Morgan fingerprint density at radius 3 is 2.62 bits per heavy atom. The van der Waals surface area contributed by atoms with Crippen LogP contribution in [0, 0.1) is 0 Å².